The number of nitrogens with zero attached hydrogens (tertiary/aromatic N) is 8. The van der Waals surface area contributed by atoms with Crippen LogP contribution in [0.2, 0.25) is 10.0 Å². The van der Waals surface area contributed by atoms with Gasteiger partial charge >= 0.3 is 0 Å². The largest absolute Gasteiger partial charge is 0.341 e. The summed E-state index contributed by atoms with van der Waals surface area (Å²) >= 11 is 12.9. The Morgan fingerprint density at radius 2 is 1.74 bits per heavy atom. The number of hydrogen-bond acceptors (Lipinski definition) is 7. The lowest BCUT2D eigenvalue weighted by molar-refractivity contribution is 0.0781. The van der Waals surface area contributed by atoms with Crippen molar-refractivity contribution in [2.45, 2.75) is 37.6 Å². The van der Waals surface area contributed by atoms with Gasteiger partial charge in [-0.25, -0.2) is 4.98 Å². The fourth-order valence-corrected chi connectivity index (χ4v) is 7.31. The van der Waals surface area contributed by atoms with Crippen molar-refractivity contribution < 1.29 is 4.79 Å². The fourth-order valence-electron chi connectivity index (χ4n) is 7.01. The smallest absolute Gasteiger partial charge is 0.253 e. The van der Waals surface area contributed by atoms with Crippen molar-refractivity contribution in [1.82, 2.24) is 40.0 Å². The molecule has 0 bridgehead atoms. The van der Waals surface area contributed by atoms with Gasteiger partial charge in [0.1, 0.15) is 0 Å². The molecule has 3 aromatic carbocycles. The summed E-state index contributed by atoms with van der Waals surface area (Å²) in [4.78, 5) is 25.5. The molecule has 2 aromatic heterocycles. The Balaban J connectivity index is 1.07. The highest BCUT2D eigenvalue weighted by Crippen LogP contribution is 2.41. The van der Waals surface area contributed by atoms with E-state index >= 15 is 0 Å². The van der Waals surface area contributed by atoms with Crippen molar-refractivity contribution in [2.75, 3.05) is 50.7 Å². The molecule has 0 saturated carbocycles. The molecule has 1 unspecified atom stereocenters. The lowest BCUT2D eigenvalue weighted by Crippen LogP contribution is -2.39. The molecule has 10 nitrogen and oxygen atoms in total. The molecule has 238 valence electrons. The fraction of sp³-hybridized carbons (Fsp3) is 0.382. The van der Waals surface area contributed by atoms with Crippen LogP contribution in [0.5, 0.6) is 0 Å². The van der Waals surface area contributed by atoms with Gasteiger partial charge in [-0.3, -0.25) is 4.79 Å². The predicted octanol–water partition coefficient (Wildman–Crippen LogP) is 5.49. The van der Waals surface area contributed by atoms with E-state index in [0.29, 0.717) is 35.4 Å². The Morgan fingerprint density at radius 1 is 0.891 bits per heavy atom. The Morgan fingerprint density at radius 3 is 2.57 bits per heavy atom. The first-order valence-corrected chi connectivity index (χ1v) is 16.7. The van der Waals surface area contributed by atoms with Crippen LogP contribution in [-0.4, -0.2) is 91.7 Å². The second kappa shape index (κ2) is 13.4. The number of rotatable bonds is 9. The highest BCUT2D eigenvalue weighted by molar-refractivity contribution is 6.42. The summed E-state index contributed by atoms with van der Waals surface area (Å²) in [7, 11) is 0. The van der Waals surface area contributed by atoms with E-state index in [1.165, 1.54) is 0 Å². The molecule has 2 fully saturated rings. The van der Waals surface area contributed by atoms with Crippen molar-refractivity contribution in [3.63, 3.8) is 0 Å². The van der Waals surface area contributed by atoms with E-state index in [4.69, 9.17) is 28.2 Å². The zero-order valence-electron chi connectivity index (χ0n) is 25.7. The molecule has 12 heteroatoms. The van der Waals surface area contributed by atoms with Gasteiger partial charge in [0.2, 0.25) is 5.95 Å². The molecule has 46 heavy (non-hydrogen) atoms. The first-order valence-electron chi connectivity index (χ1n) is 15.9. The van der Waals surface area contributed by atoms with Crippen molar-refractivity contribution in [3.8, 4) is 0 Å². The van der Waals surface area contributed by atoms with Crippen molar-refractivity contribution in [2.24, 2.45) is 0 Å². The average Bonchev–Trinajstić information content (AvgIpc) is 3.81. The quantitative estimate of drug-likeness (QED) is 0.224. The standard InChI is InChI=1S/C34H37Cl2N9O/c35-27-12-11-26(23-28(27)36)34(15-20-44(24-34)32(46)25-7-2-1-3-8-25)14-19-42-16-6-17-43(22-21-42)33-37-29-9-4-5-10-30(29)45(33)18-13-31-38-40-41-39-31/h1-5,7-12,23H,6,13-22,24H2,(H,38,39,40,41). The number of fused-ring (bicyclic) bond motifs is 1. The number of aromatic nitrogens is 6. The van der Waals surface area contributed by atoms with E-state index in [2.05, 4.69) is 59.3 Å². The van der Waals surface area contributed by atoms with Crippen LogP contribution >= 0.6 is 23.2 Å². The van der Waals surface area contributed by atoms with E-state index in [0.717, 1.165) is 86.6 Å². The van der Waals surface area contributed by atoms with Crippen LogP contribution in [0, 0.1) is 0 Å². The van der Waals surface area contributed by atoms with Gasteiger partial charge in [0.05, 0.1) is 21.1 Å². The van der Waals surface area contributed by atoms with Crippen LogP contribution in [0.4, 0.5) is 5.95 Å². The van der Waals surface area contributed by atoms with Gasteiger partial charge in [0.15, 0.2) is 5.82 Å². The second-order valence-corrected chi connectivity index (χ2v) is 13.1. The summed E-state index contributed by atoms with van der Waals surface area (Å²) < 4.78 is 2.29. The van der Waals surface area contributed by atoms with Crippen LogP contribution in [0.15, 0.2) is 72.8 Å². The first-order chi connectivity index (χ1) is 22.5. The number of H-pyrrole nitrogens is 1. The van der Waals surface area contributed by atoms with Crippen LogP contribution < -0.4 is 4.90 Å². The number of hydrogen-bond donors (Lipinski definition) is 1. The van der Waals surface area contributed by atoms with Crippen LogP contribution in [0.1, 0.15) is 41.0 Å². The highest BCUT2D eigenvalue weighted by atomic mass is 35.5. The van der Waals surface area contributed by atoms with Crippen LogP contribution in [0.3, 0.4) is 0 Å². The molecule has 0 aliphatic carbocycles. The summed E-state index contributed by atoms with van der Waals surface area (Å²) in [6.45, 7) is 6.76. The Labute approximate surface area is 278 Å². The van der Waals surface area contributed by atoms with Gasteiger partial charge in [-0.05, 0) is 74.3 Å². The zero-order chi connectivity index (χ0) is 31.5. The van der Waals surface area contributed by atoms with Crippen molar-refractivity contribution in [3.05, 3.63) is 99.8 Å². The molecule has 1 amide bonds. The van der Waals surface area contributed by atoms with Gasteiger partial charge in [0, 0.05) is 56.7 Å². The molecule has 2 aliphatic rings. The number of carbonyl (C=O) groups excluding carboxylic acids is 1. The molecule has 1 N–H and O–H groups in total. The molecular weight excluding hydrogens is 621 g/mol. The molecule has 2 aliphatic heterocycles. The Bertz CT molecular complexity index is 1800. The molecule has 7 rings (SSSR count). The number of para-hydroxylation sites is 2. The Kier molecular flexibility index (Phi) is 8.93. The minimum absolute atomic E-state index is 0.0789. The van der Waals surface area contributed by atoms with Gasteiger partial charge < -0.3 is 19.3 Å². The number of amides is 1. The third kappa shape index (κ3) is 6.34. The van der Waals surface area contributed by atoms with Gasteiger partial charge in [-0.2, -0.15) is 5.21 Å². The first kappa shape index (κ1) is 30.7. The van der Waals surface area contributed by atoms with E-state index in [1.807, 2.05) is 53.4 Å². The summed E-state index contributed by atoms with van der Waals surface area (Å²) in [6, 6.07) is 23.8. The predicted molar refractivity (Wildman–Crippen MR) is 181 cm³/mol. The maximum absolute atomic E-state index is 13.5. The molecule has 5 aromatic rings. The van der Waals surface area contributed by atoms with Gasteiger partial charge in [-0.1, -0.05) is 64.8 Å². The van der Waals surface area contributed by atoms with E-state index in [9.17, 15) is 4.79 Å². The van der Waals surface area contributed by atoms with E-state index < -0.39 is 0 Å². The number of aryl methyl sites for hydroxylation is 2. The van der Waals surface area contributed by atoms with Gasteiger partial charge in [0.25, 0.3) is 5.91 Å². The maximum atomic E-state index is 13.5. The SMILES string of the molecule is O=C(c1ccccc1)N1CCC(CCN2CCCN(c3nc4ccccc4n3CCc3nn[nH]n3)CC2)(c2ccc(Cl)c(Cl)c2)C1. The third-order valence-corrected chi connectivity index (χ3v) is 10.3. The number of benzene rings is 3. The van der Waals surface area contributed by atoms with Crippen LogP contribution in [-0.2, 0) is 18.4 Å². The monoisotopic (exact) mass is 657 g/mol. The molecule has 2 saturated heterocycles. The molecule has 1 atom stereocenters. The lowest BCUT2D eigenvalue weighted by atomic mass is 9.76. The van der Waals surface area contributed by atoms with E-state index in [1.54, 1.807) is 0 Å². The average molecular weight is 659 g/mol. The number of nitrogens with one attached hydrogen (secondary N) is 1. The molecule has 4 heterocycles. The summed E-state index contributed by atoms with van der Waals surface area (Å²) in [6.07, 6.45) is 3.51. The minimum Gasteiger partial charge on any atom is -0.341 e. The van der Waals surface area contributed by atoms with Crippen molar-refractivity contribution in [1.29, 1.82) is 0 Å². The minimum atomic E-state index is -0.201. The summed E-state index contributed by atoms with van der Waals surface area (Å²) in [5, 5.41) is 15.7. The number of aromatic amines is 1. The van der Waals surface area contributed by atoms with Crippen molar-refractivity contribution >= 4 is 46.1 Å². The zero-order valence-corrected chi connectivity index (χ0v) is 27.2. The topological polar surface area (TPSA) is 99.1 Å². The summed E-state index contributed by atoms with van der Waals surface area (Å²) in [5.74, 6) is 1.76. The lowest BCUT2D eigenvalue weighted by Gasteiger charge is -2.33. The van der Waals surface area contributed by atoms with Crippen LogP contribution in [0.25, 0.3) is 11.0 Å². The highest BCUT2D eigenvalue weighted by Gasteiger charge is 2.42. The number of carbonyl (C=O) groups is 1. The number of likely N-dealkylation sites (tertiary alicyclic amines) is 1. The molecule has 0 spiro atoms. The number of anilines is 1. The van der Waals surface area contributed by atoms with E-state index in [-0.39, 0.29) is 11.3 Å². The second-order valence-electron chi connectivity index (χ2n) is 12.3. The third-order valence-electron chi connectivity index (χ3n) is 9.55. The number of halogens is 2. The molecular formula is C34H37Cl2N9O. The number of tetrazole rings is 1. The normalized spacial score (nSPS) is 19.2. The molecule has 0 radical (unpaired) electrons. The van der Waals surface area contributed by atoms with Gasteiger partial charge in [-0.15, -0.1) is 10.2 Å². The maximum Gasteiger partial charge on any atom is 0.253 e. The summed E-state index contributed by atoms with van der Waals surface area (Å²) in [5.41, 5.74) is 3.78. The number of imidazole rings is 1. The Hall–Kier alpha value is -3.99.